The van der Waals surface area contributed by atoms with E-state index in [1.165, 1.54) is 0 Å². The van der Waals surface area contributed by atoms with Gasteiger partial charge in [0.05, 0.1) is 12.2 Å². The number of carbonyl (C=O) groups excluding carboxylic acids is 1. The van der Waals surface area contributed by atoms with Crippen molar-refractivity contribution in [3.05, 3.63) is 69.3 Å². The molecule has 0 aliphatic carbocycles. The van der Waals surface area contributed by atoms with E-state index < -0.39 is 0 Å². The molecule has 1 rings (SSSR count). The van der Waals surface area contributed by atoms with E-state index in [-0.39, 0.29) is 5.97 Å². The lowest BCUT2D eigenvalue weighted by molar-refractivity contribution is 0.0526. The van der Waals surface area contributed by atoms with Crippen LogP contribution in [0.25, 0.3) is 16.5 Å². The van der Waals surface area contributed by atoms with Gasteiger partial charge >= 0.3 is 5.97 Å². The van der Waals surface area contributed by atoms with E-state index in [1.807, 2.05) is 37.3 Å². The van der Waals surface area contributed by atoms with Crippen molar-refractivity contribution < 1.29 is 9.53 Å². The van der Waals surface area contributed by atoms with Gasteiger partial charge in [-0.15, -0.1) is 5.73 Å². The number of hydrogen-bond acceptors (Lipinski definition) is 3. The molecule has 22 heavy (non-hydrogen) atoms. The Labute approximate surface area is 130 Å². The SMILES string of the molecule is CCOC(=O)c1ccc(/C=C/C(C)=C=CCCN=[N+]=[N-])cc1. The van der Waals surface area contributed by atoms with E-state index in [9.17, 15) is 4.79 Å². The zero-order valence-corrected chi connectivity index (χ0v) is 12.8. The molecule has 0 atom stereocenters. The van der Waals surface area contributed by atoms with Crippen LogP contribution in [0, 0.1) is 0 Å². The molecule has 1 aromatic carbocycles. The van der Waals surface area contributed by atoms with Crippen molar-refractivity contribution in [3.63, 3.8) is 0 Å². The summed E-state index contributed by atoms with van der Waals surface area (Å²) in [6.45, 7) is 4.53. The Morgan fingerprint density at radius 2 is 2.14 bits per heavy atom. The second kappa shape index (κ2) is 10.1. The first-order valence-electron chi connectivity index (χ1n) is 7.05. The summed E-state index contributed by atoms with van der Waals surface area (Å²) >= 11 is 0. The number of ether oxygens (including phenoxy) is 1. The number of rotatable bonds is 7. The smallest absolute Gasteiger partial charge is 0.338 e. The van der Waals surface area contributed by atoms with E-state index in [1.54, 1.807) is 19.1 Å². The summed E-state index contributed by atoms with van der Waals surface area (Å²) < 4.78 is 4.93. The van der Waals surface area contributed by atoms with Crippen molar-refractivity contribution in [2.24, 2.45) is 5.11 Å². The molecule has 0 spiro atoms. The summed E-state index contributed by atoms with van der Waals surface area (Å²) in [5.41, 5.74) is 13.8. The van der Waals surface area contributed by atoms with Crippen LogP contribution < -0.4 is 0 Å². The van der Waals surface area contributed by atoms with Gasteiger partial charge in [-0.1, -0.05) is 29.4 Å². The second-order valence-electron chi connectivity index (χ2n) is 4.45. The van der Waals surface area contributed by atoms with Crippen LogP contribution in [-0.2, 0) is 4.74 Å². The first-order chi connectivity index (χ1) is 10.7. The predicted octanol–water partition coefficient (Wildman–Crippen LogP) is 4.68. The van der Waals surface area contributed by atoms with Crippen LogP contribution in [0.2, 0.25) is 0 Å². The van der Waals surface area contributed by atoms with Crippen molar-refractivity contribution in [3.8, 4) is 0 Å². The highest BCUT2D eigenvalue weighted by Gasteiger charge is 2.04. The molecule has 5 heteroatoms. The maximum absolute atomic E-state index is 11.5. The number of azide groups is 1. The maximum atomic E-state index is 11.5. The number of benzene rings is 1. The van der Waals surface area contributed by atoms with E-state index in [0.29, 0.717) is 25.1 Å². The Morgan fingerprint density at radius 1 is 1.41 bits per heavy atom. The second-order valence-corrected chi connectivity index (χ2v) is 4.45. The van der Waals surface area contributed by atoms with Gasteiger partial charge < -0.3 is 4.74 Å². The summed E-state index contributed by atoms with van der Waals surface area (Å²) in [5.74, 6) is -0.308. The molecule has 0 unspecified atom stereocenters. The molecule has 0 heterocycles. The normalized spacial score (nSPS) is 9.73. The van der Waals surface area contributed by atoms with E-state index in [4.69, 9.17) is 10.3 Å². The highest BCUT2D eigenvalue weighted by atomic mass is 16.5. The lowest BCUT2D eigenvalue weighted by Gasteiger charge is -2.01. The summed E-state index contributed by atoms with van der Waals surface area (Å²) in [5, 5.41) is 3.44. The zero-order chi connectivity index (χ0) is 16.2. The van der Waals surface area contributed by atoms with Crippen molar-refractivity contribution in [1.29, 1.82) is 0 Å². The fraction of sp³-hybridized carbons (Fsp3) is 0.294. The van der Waals surface area contributed by atoms with Gasteiger partial charge in [0.1, 0.15) is 0 Å². The Kier molecular flexibility index (Phi) is 7.91. The molecular weight excluding hydrogens is 278 g/mol. The molecule has 0 aliphatic rings. The highest BCUT2D eigenvalue weighted by molar-refractivity contribution is 5.89. The number of nitrogens with zero attached hydrogens (tertiary/aromatic N) is 3. The average molecular weight is 297 g/mol. The van der Waals surface area contributed by atoms with Crippen LogP contribution in [0.1, 0.15) is 36.2 Å². The maximum Gasteiger partial charge on any atom is 0.338 e. The molecular formula is C17H19N3O2. The standard InChI is InChI=1S/C17H19N3O2/c1-3-22-17(21)16-11-9-15(10-12-16)8-7-14(2)6-4-5-13-19-20-18/h4,7-12H,3,5,13H2,1-2H3/b8-7+. The quantitative estimate of drug-likeness (QED) is 0.139. The van der Waals surface area contributed by atoms with Gasteiger partial charge in [-0.2, -0.15) is 0 Å². The third-order valence-electron chi connectivity index (χ3n) is 2.71. The molecule has 0 N–H and O–H groups in total. The van der Waals surface area contributed by atoms with Gasteiger partial charge in [0.15, 0.2) is 0 Å². The first kappa shape index (κ1) is 17.3. The molecule has 0 bridgehead atoms. The fourth-order valence-corrected chi connectivity index (χ4v) is 1.61. The minimum atomic E-state index is -0.308. The Bertz CT molecular complexity index is 632. The number of allylic oxidation sites excluding steroid dienone is 1. The third kappa shape index (κ3) is 6.62. The zero-order valence-electron chi connectivity index (χ0n) is 12.8. The van der Waals surface area contributed by atoms with Crippen LogP contribution in [0.4, 0.5) is 0 Å². The molecule has 0 saturated carbocycles. The van der Waals surface area contributed by atoms with Crippen molar-refractivity contribution in [1.82, 2.24) is 0 Å². The lowest BCUT2D eigenvalue weighted by Crippen LogP contribution is -2.03. The molecule has 114 valence electrons. The van der Waals surface area contributed by atoms with Gasteiger partial charge in [0.2, 0.25) is 0 Å². The molecule has 5 nitrogen and oxygen atoms in total. The topological polar surface area (TPSA) is 75.1 Å². The minimum Gasteiger partial charge on any atom is -0.462 e. The monoisotopic (exact) mass is 297 g/mol. The van der Waals surface area contributed by atoms with Crippen LogP contribution >= 0.6 is 0 Å². The molecule has 0 aromatic heterocycles. The molecule has 0 radical (unpaired) electrons. The Hall–Kier alpha value is -2.74. The van der Waals surface area contributed by atoms with Gasteiger partial charge in [0, 0.05) is 11.5 Å². The average Bonchev–Trinajstić information content (AvgIpc) is 2.53. The van der Waals surface area contributed by atoms with Crippen molar-refractivity contribution in [2.75, 3.05) is 13.2 Å². The summed E-state index contributed by atoms with van der Waals surface area (Å²) in [6, 6.07) is 7.21. The molecule has 0 fully saturated rings. The van der Waals surface area contributed by atoms with Crippen LogP contribution in [0.15, 0.2) is 52.8 Å². The van der Waals surface area contributed by atoms with Crippen LogP contribution in [0.3, 0.4) is 0 Å². The summed E-state index contributed by atoms with van der Waals surface area (Å²) in [6.07, 6.45) is 6.39. The van der Waals surface area contributed by atoms with Gasteiger partial charge in [-0.3, -0.25) is 0 Å². The number of carbonyl (C=O) groups is 1. The van der Waals surface area contributed by atoms with Crippen molar-refractivity contribution >= 4 is 12.0 Å². The largest absolute Gasteiger partial charge is 0.462 e. The van der Waals surface area contributed by atoms with Gasteiger partial charge in [-0.05, 0) is 55.1 Å². The van der Waals surface area contributed by atoms with E-state index in [2.05, 4.69) is 15.8 Å². The molecule has 0 aliphatic heterocycles. The molecule has 0 amide bonds. The lowest BCUT2D eigenvalue weighted by atomic mass is 10.1. The third-order valence-corrected chi connectivity index (χ3v) is 2.71. The fourth-order valence-electron chi connectivity index (χ4n) is 1.61. The minimum absolute atomic E-state index is 0.308. The summed E-state index contributed by atoms with van der Waals surface area (Å²) in [7, 11) is 0. The van der Waals surface area contributed by atoms with Crippen LogP contribution in [-0.4, -0.2) is 19.1 Å². The molecule has 1 aromatic rings. The van der Waals surface area contributed by atoms with E-state index >= 15 is 0 Å². The predicted molar refractivity (Wildman–Crippen MR) is 87.3 cm³/mol. The Balaban J connectivity index is 2.64. The van der Waals surface area contributed by atoms with Crippen LogP contribution in [0.5, 0.6) is 0 Å². The number of hydrogen-bond donors (Lipinski definition) is 0. The first-order valence-corrected chi connectivity index (χ1v) is 7.05. The Morgan fingerprint density at radius 3 is 2.77 bits per heavy atom. The summed E-state index contributed by atoms with van der Waals surface area (Å²) in [4.78, 5) is 14.2. The number of esters is 1. The molecule has 0 saturated heterocycles. The van der Waals surface area contributed by atoms with Gasteiger partial charge in [-0.25, -0.2) is 4.79 Å². The highest BCUT2D eigenvalue weighted by Crippen LogP contribution is 2.09. The van der Waals surface area contributed by atoms with E-state index in [0.717, 1.165) is 11.1 Å². The van der Waals surface area contributed by atoms with Gasteiger partial charge in [0.25, 0.3) is 0 Å². The van der Waals surface area contributed by atoms with Crippen molar-refractivity contribution in [2.45, 2.75) is 20.3 Å².